The number of carbonyl (C=O) groups is 1. The first-order valence-electron chi connectivity index (χ1n) is 6.17. The fourth-order valence-electron chi connectivity index (χ4n) is 1.73. The zero-order valence-electron chi connectivity index (χ0n) is 11.8. The number of nitrogens with zero attached hydrogens (tertiary/aromatic N) is 1. The van der Waals surface area contributed by atoms with Gasteiger partial charge in [0.25, 0.3) is 5.69 Å². The smallest absolute Gasteiger partial charge is 0.272 e. The molecule has 0 heterocycles. The molecule has 0 saturated carbocycles. The molecule has 1 aromatic carbocycles. The molecule has 3 N–H and O–H groups in total. The fraction of sp³-hybridized carbons (Fsp3) is 0.462. The zero-order chi connectivity index (χ0) is 15.3. The molecule has 0 aliphatic heterocycles. The lowest BCUT2D eigenvalue weighted by Crippen LogP contribution is -2.36. The first-order chi connectivity index (χ1) is 9.36. The van der Waals surface area contributed by atoms with Gasteiger partial charge in [-0.1, -0.05) is 0 Å². The van der Waals surface area contributed by atoms with E-state index in [2.05, 4.69) is 5.32 Å². The van der Waals surface area contributed by atoms with Gasteiger partial charge < -0.3 is 11.1 Å². The second-order valence-corrected chi connectivity index (χ2v) is 5.57. The van der Waals surface area contributed by atoms with E-state index in [1.165, 1.54) is 6.07 Å². The highest BCUT2D eigenvalue weighted by atomic mass is 32.2. The maximum Gasteiger partial charge on any atom is 0.272 e. The molecule has 110 valence electrons. The lowest BCUT2D eigenvalue weighted by Gasteiger charge is -2.14. The van der Waals surface area contributed by atoms with Gasteiger partial charge in [0.05, 0.1) is 11.0 Å². The van der Waals surface area contributed by atoms with Crippen LogP contribution < -0.4 is 11.1 Å². The Balaban J connectivity index is 2.85. The minimum atomic E-state index is -0.572. The van der Waals surface area contributed by atoms with Crippen molar-refractivity contribution in [2.24, 2.45) is 5.73 Å². The molecular weight excluding hydrogens is 278 g/mol. The third-order valence-electron chi connectivity index (χ3n) is 2.97. The summed E-state index contributed by atoms with van der Waals surface area (Å²) in [6.07, 6.45) is 2.55. The molecule has 1 atom stereocenters. The third kappa shape index (κ3) is 4.21. The van der Waals surface area contributed by atoms with Gasteiger partial charge in [0.1, 0.15) is 0 Å². The molecule has 0 aromatic heterocycles. The lowest BCUT2D eigenvalue weighted by molar-refractivity contribution is -0.385. The molecule has 0 fully saturated rings. The Morgan fingerprint density at radius 1 is 1.45 bits per heavy atom. The van der Waals surface area contributed by atoms with Crippen molar-refractivity contribution in [1.29, 1.82) is 0 Å². The molecule has 0 saturated heterocycles. The molecule has 0 spiro atoms. The number of nitro groups is 1. The molecule has 6 nitrogen and oxygen atoms in total. The standard InChI is InChI=1S/C13H19N3O3S/c1-8-7-12(16(18)19)9(2)6-11(8)15-13(17)10(14)4-5-20-3/h6-7,10H,4-5,14H2,1-3H3,(H,15,17)/t10-/m0/s1. The van der Waals surface area contributed by atoms with Gasteiger partial charge in [-0.2, -0.15) is 11.8 Å². The normalized spacial score (nSPS) is 12.0. The SMILES string of the molecule is CSCC[C@H](N)C(=O)Nc1cc(C)c([N+](=O)[O-])cc1C. The van der Waals surface area contributed by atoms with Crippen LogP contribution in [0.4, 0.5) is 11.4 Å². The van der Waals surface area contributed by atoms with Crippen LogP contribution in [-0.2, 0) is 4.79 Å². The average Bonchev–Trinajstić information content (AvgIpc) is 2.39. The molecule has 20 heavy (non-hydrogen) atoms. The van der Waals surface area contributed by atoms with E-state index in [1.807, 2.05) is 6.26 Å². The van der Waals surface area contributed by atoms with Crippen LogP contribution in [0, 0.1) is 24.0 Å². The van der Waals surface area contributed by atoms with E-state index < -0.39 is 11.0 Å². The number of amides is 1. The van der Waals surface area contributed by atoms with Gasteiger partial charge in [-0.25, -0.2) is 0 Å². The maximum absolute atomic E-state index is 11.9. The highest BCUT2D eigenvalue weighted by molar-refractivity contribution is 7.98. The van der Waals surface area contributed by atoms with Crippen molar-refractivity contribution in [2.45, 2.75) is 26.3 Å². The number of anilines is 1. The summed E-state index contributed by atoms with van der Waals surface area (Å²) >= 11 is 1.63. The van der Waals surface area contributed by atoms with Crippen molar-refractivity contribution < 1.29 is 9.72 Å². The minimum Gasteiger partial charge on any atom is -0.324 e. The number of nitrogens with two attached hydrogens (primary N) is 1. The molecule has 1 rings (SSSR count). The number of benzene rings is 1. The largest absolute Gasteiger partial charge is 0.324 e. The van der Waals surface area contributed by atoms with Crippen LogP contribution in [0.1, 0.15) is 17.5 Å². The highest BCUT2D eigenvalue weighted by Gasteiger charge is 2.17. The summed E-state index contributed by atoms with van der Waals surface area (Å²) in [5.74, 6) is 0.544. The Morgan fingerprint density at radius 2 is 2.10 bits per heavy atom. The van der Waals surface area contributed by atoms with E-state index in [4.69, 9.17) is 5.73 Å². The van der Waals surface area contributed by atoms with Gasteiger partial charge in [-0.15, -0.1) is 0 Å². The van der Waals surface area contributed by atoms with E-state index in [1.54, 1.807) is 31.7 Å². The molecule has 7 heteroatoms. The Labute approximate surface area is 122 Å². The Hall–Kier alpha value is -1.60. The van der Waals surface area contributed by atoms with E-state index in [0.29, 0.717) is 23.2 Å². The van der Waals surface area contributed by atoms with Crippen LogP contribution in [0.2, 0.25) is 0 Å². The number of hydrogen-bond donors (Lipinski definition) is 2. The quantitative estimate of drug-likeness (QED) is 0.619. The average molecular weight is 297 g/mol. The van der Waals surface area contributed by atoms with E-state index in [-0.39, 0.29) is 11.6 Å². The number of thioether (sulfide) groups is 1. The fourth-order valence-corrected chi connectivity index (χ4v) is 2.22. The monoisotopic (exact) mass is 297 g/mol. The van der Waals surface area contributed by atoms with Gasteiger partial charge in [0.2, 0.25) is 5.91 Å². The summed E-state index contributed by atoms with van der Waals surface area (Å²) in [5.41, 5.74) is 7.55. The zero-order valence-corrected chi connectivity index (χ0v) is 12.6. The van der Waals surface area contributed by atoms with Gasteiger partial charge in [-0.3, -0.25) is 14.9 Å². The van der Waals surface area contributed by atoms with Crippen LogP contribution in [-0.4, -0.2) is 28.9 Å². The Bertz CT molecular complexity index is 520. The maximum atomic E-state index is 11.9. The van der Waals surface area contributed by atoms with E-state index in [0.717, 1.165) is 5.75 Å². The van der Waals surface area contributed by atoms with Crippen molar-refractivity contribution in [3.63, 3.8) is 0 Å². The predicted octanol–water partition coefficient (Wildman–Crippen LogP) is 2.23. The summed E-state index contributed by atoms with van der Waals surface area (Å²) in [5, 5.41) is 13.6. The number of rotatable bonds is 6. The molecule has 0 aliphatic rings. The molecule has 1 aromatic rings. The van der Waals surface area contributed by atoms with Crippen molar-refractivity contribution in [3.8, 4) is 0 Å². The second-order valence-electron chi connectivity index (χ2n) is 4.59. The van der Waals surface area contributed by atoms with E-state index >= 15 is 0 Å². The number of nitrogens with one attached hydrogen (secondary N) is 1. The van der Waals surface area contributed by atoms with Crippen LogP contribution in [0.3, 0.4) is 0 Å². The number of aryl methyl sites for hydroxylation is 2. The van der Waals surface area contributed by atoms with Gasteiger partial charge in [-0.05, 0) is 43.9 Å². The first kappa shape index (κ1) is 16.5. The van der Waals surface area contributed by atoms with E-state index in [9.17, 15) is 14.9 Å². The number of carbonyl (C=O) groups excluding carboxylic acids is 1. The Morgan fingerprint density at radius 3 is 2.65 bits per heavy atom. The second kappa shape index (κ2) is 7.25. The third-order valence-corrected chi connectivity index (χ3v) is 3.61. The minimum absolute atomic E-state index is 0.0483. The van der Waals surface area contributed by atoms with Crippen LogP contribution in [0.15, 0.2) is 12.1 Å². The van der Waals surface area contributed by atoms with Crippen molar-refractivity contribution in [2.75, 3.05) is 17.3 Å². The summed E-state index contributed by atoms with van der Waals surface area (Å²) in [4.78, 5) is 22.3. The van der Waals surface area contributed by atoms with Crippen molar-refractivity contribution in [3.05, 3.63) is 33.4 Å². The van der Waals surface area contributed by atoms with Crippen LogP contribution in [0.5, 0.6) is 0 Å². The molecule has 0 aliphatic carbocycles. The summed E-state index contributed by atoms with van der Waals surface area (Å²) in [7, 11) is 0. The molecule has 0 unspecified atom stereocenters. The molecule has 1 amide bonds. The highest BCUT2D eigenvalue weighted by Crippen LogP contribution is 2.26. The summed E-state index contributed by atoms with van der Waals surface area (Å²) < 4.78 is 0. The first-order valence-corrected chi connectivity index (χ1v) is 7.57. The summed E-state index contributed by atoms with van der Waals surface area (Å²) in [6, 6.07) is 2.49. The molecule has 0 radical (unpaired) electrons. The summed E-state index contributed by atoms with van der Waals surface area (Å²) in [6.45, 7) is 3.36. The van der Waals surface area contributed by atoms with Gasteiger partial charge >= 0.3 is 0 Å². The lowest BCUT2D eigenvalue weighted by atomic mass is 10.1. The van der Waals surface area contributed by atoms with Crippen LogP contribution in [0.25, 0.3) is 0 Å². The predicted molar refractivity (Wildman–Crippen MR) is 82.2 cm³/mol. The van der Waals surface area contributed by atoms with Gasteiger partial charge in [0, 0.05) is 17.3 Å². The molecule has 0 bridgehead atoms. The topological polar surface area (TPSA) is 98.3 Å². The Kier molecular flexibility index (Phi) is 5.97. The van der Waals surface area contributed by atoms with Crippen molar-refractivity contribution in [1.82, 2.24) is 0 Å². The molecular formula is C13H19N3O3S. The van der Waals surface area contributed by atoms with Gasteiger partial charge in [0.15, 0.2) is 0 Å². The van der Waals surface area contributed by atoms with Crippen molar-refractivity contribution >= 4 is 29.0 Å². The number of nitro benzene ring substituents is 1. The van der Waals surface area contributed by atoms with Crippen LogP contribution >= 0.6 is 11.8 Å². The number of hydrogen-bond acceptors (Lipinski definition) is 5.